The number of hydrogen-bond acceptors (Lipinski definition) is 4. The van der Waals surface area contributed by atoms with Crippen LogP contribution < -0.4 is 5.48 Å². The second kappa shape index (κ2) is 5.86. The number of nitrogens with one attached hydrogen (secondary N) is 1. The van der Waals surface area contributed by atoms with Crippen molar-refractivity contribution in [2.24, 2.45) is 7.05 Å². The molecule has 1 aliphatic rings. The molecule has 0 aliphatic heterocycles. The summed E-state index contributed by atoms with van der Waals surface area (Å²) in [5.41, 5.74) is 3.23. The molecule has 1 fully saturated rings. The summed E-state index contributed by atoms with van der Waals surface area (Å²) in [5.74, 6) is 0.987. The van der Waals surface area contributed by atoms with Crippen molar-refractivity contribution in [1.29, 1.82) is 0 Å². The monoisotopic (exact) mass is 277 g/mol. The summed E-state index contributed by atoms with van der Waals surface area (Å²) in [7, 11) is 2.01. The van der Waals surface area contributed by atoms with E-state index in [1.54, 1.807) is 11.3 Å². The molecule has 0 amide bonds. The van der Waals surface area contributed by atoms with Crippen LogP contribution in [-0.2, 0) is 11.9 Å². The molecule has 2 heterocycles. The lowest BCUT2D eigenvalue weighted by Crippen LogP contribution is -2.28. The van der Waals surface area contributed by atoms with Crippen LogP contribution in [0.4, 0.5) is 0 Å². The van der Waals surface area contributed by atoms with Crippen molar-refractivity contribution >= 4 is 11.3 Å². The van der Waals surface area contributed by atoms with Gasteiger partial charge in [0, 0.05) is 24.3 Å². The fraction of sp³-hybridized carbons (Fsp3) is 0.500. The highest BCUT2D eigenvalue weighted by Crippen LogP contribution is 2.26. The maximum Gasteiger partial charge on any atom is 0.133 e. The molecule has 0 saturated heterocycles. The van der Waals surface area contributed by atoms with Crippen LogP contribution in [0.2, 0.25) is 0 Å². The largest absolute Gasteiger partial charge is 0.336 e. The van der Waals surface area contributed by atoms with Gasteiger partial charge < -0.3 is 4.57 Å². The third kappa shape index (κ3) is 2.88. The lowest BCUT2D eigenvalue weighted by molar-refractivity contribution is -0.0351. The summed E-state index contributed by atoms with van der Waals surface area (Å²) in [6.45, 7) is 0. The van der Waals surface area contributed by atoms with Crippen molar-refractivity contribution in [1.82, 2.24) is 15.0 Å². The number of hydroxylamine groups is 1. The van der Waals surface area contributed by atoms with Gasteiger partial charge in [0.15, 0.2) is 0 Å². The molecular weight excluding hydrogens is 258 g/mol. The van der Waals surface area contributed by atoms with E-state index in [1.165, 1.54) is 17.7 Å². The Morgan fingerprint density at radius 2 is 2.32 bits per heavy atom. The molecule has 5 heteroatoms. The van der Waals surface area contributed by atoms with Crippen molar-refractivity contribution in [2.75, 3.05) is 0 Å². The van der Waals surface area contributed by atoms with Crippen LogP contribution >= 0.6 is 11.3 Å². The average Bonchev–Trinajstić information content (AvgIpc) is 3.13. The standard InChI is InChI=1S/C14H19N3OS/c1-17-9-8-15-14(17)13(12-7-4-10-19-12)16-18-11-5-2-3-6-11/h4,7-11,13,16H,2-3,5-6H2,1H3. The predicted octanol–water partition coefficient (Wildman–Crippen LogP) is 3.03. The molecule has 102 valence electrons. The minimum Gasteiger partial charge on any atom is -0.336 e. The lowest BCUT2D eigenvalue weighted by Gasteiger charge is -2.20. The van der Waals surface area contributed by atoms with Crippen molar-refractivity contribution in [3.05, 3.63) is 40.6 Å². The van der Waals surface area contributed by atoms with E-state index >= 15 is 0 Å². The zero-order valence-electron chi connectivity index (χ0n) is 11.1. The van der Waals surface area contributed by atoms with Gasteiger partial charge in [-0.15, -0.1) is 11.3 Å². The third-order valence-electron chi connectivity index (χ3n) is 3.60. The van der Waals surface area contributed by atoms with E-state index < -0.39 is 0 Å². The van der Waals surface area contributed by atoms with Gasteiger partial charge in [-0.05, 0) is 24.3 Å². The van der Waals surface area contributed by atoms with Crippen LogP contribution in [0.3, 0.4) is 0 Å². The second-order valence-corrected chi connectivity index (χ2v) is 5.97. The van der Waals surface area contributed by atoms with E-state index in [9.17, 15) is 0 Å². The predicted molar refractivity (Wildman–Crippen MR) is 75.8 cm³/mol. The van der Waals surface area contributed by atoms with Gasteiger partial charge in [0.05, 0.1) is 6.10 Å². The summed E-state index contributed by atoms with van der Waals surface area (Å²) in [4.78, 5) is 11.5. The molecule has 3 rings (SSSR count). The minimum absolute atomic E-state index is 0.0144. The van der Waals surface area contributed by atoms with Crippen molar-refractivity contribution in [3.63, 3.8) is 0 Å². The third-order valence-corrected chi connectivity index (χ3v) is 4.54. The zero-order chi connectivity index (χ0) is 13.1. The van der Waals surface area contributed by atoms with Gasteiger partial charge in [0.25, 0.3) is 0 Å². The van der Waals surface area contributed by atoms with Crippen LogP contribution in [0.25, 0.3) is 0 Å². The minimum atomic E-state index is 0.0144. The highest BCUT2D eigenvalue weighted by molar-refractivity contribution is 7.10. The molecule has 1 unspecified atom stereocenters. The lowest BCUT2D eigenvalue weighted by atomic mass is 10.2. The van der Waals surface area contributed by atoms with Gasteiger partial charge in [-0.3, -0.25) is 4.84 Å². The molecule has 0 radical (unpaired) electrons. The molecule has 1 atom stereocenters. The van der Waals surface area contributed by atoms with Crippen LogP contribution in [0.15, 0.2) is 29.9 Å². The molecule has 0 aromatic carbocycles. The van der Waals surface area contributed by atoms with Crippen LogP contribution in [0, 0.1) is 0 Å². The first-order chi connectivity index (χ1) is 9.34. The fourth-order valence-electron chi connectivity index (χ4n) is 2.52. The average molecular weight is 277 g/mol. The maximum atomic E-state index is 5.87. The van der Waals surface area contributed by atoms with Gasteiger partial charge in [0.1, 0.15) is 11.9 Å². The quantitative estimate of drug-likeness (QED) is 0.854. The van der Waals surface area contributed by atoms with E-state index in [2.05, 4.69) is 28.0 Å². The summed E-state index contributed by atoms with van der Waals surface area (Å²) < 4.78 is 2.04. The molecule has 2 aromatic rings. The normalized spacial score (nSPS) is 17.9. The molecule has 4 nitrogen and oxygen atoms in total. The Morgan fingerprint density at radius 1 is 1.47 bits per heavy atom. The molecular formula is C14H19N3OS. The topological polar surface area (TPSA) is 39.1 Å². The van der Waals surface area contributed by atoms with Crippen molar-refractivity contribution in [2.45, 2.75) is 37.8 Å². The van der Waals surface area contributed by atoms with Gasteiger partial charge in [-0.1, -0.05) is 18.9 Å². The number of thiophene rings is 1. The van der Waals surface area contributed by atoms with E-state index in [-0.39, 0.29) is 6.04 Å². The number of aromatic nitrogens is 2. The fourth-order valence-corrected chi connectivity index (χ4v) is 3.28. The van der Waals surface area contributed by atoms with Crippen LogP contribution in [0.5, 0.6) is 0 Å². The van der Waals surface area contributed by atoms with Crippen molar-refractivity contribution < 1.29 is 4.84 Å². The molecule has 0 bridgehead atoms. The van der Waals surface area contributed by atoms with Gasteiger partial charge >= 0.3 is 0 Å². The molecule has 1 N–H and O–H groups in total. The summed E-state index contributed by atoms with van der Waals surface area (Å²) in [5, 5.41) is 2.09. The Labute approximate surface area is 117 Å². The molecule has 19 heavy (non-hydrogen) atoms. The highest BCUT2D eigenvalue weighted by atomic mass is 32.1. The molecule has 0 spiro atoms. The van der Waals surface area contributed by atoms with Gasteiger partial charge in [0.2, 0.25) is 0 Å². The smallest absolute Gasteiger partial charge is 0.133 e. The van der Waals surface area contributed by atoms with Gasteiger partial charge in [-0.25, -0.2) is 4.98 Å². The van der Waals surface area contributed by atoms with E-state index in [0.29, 0.717) is 6.10 Å². The van der Waals surface area contributed by atoms with Crippen molar-refractivity contribution in [3.8, 4) is 0 Å². The Hall–Kier alpha value is -1.17. The SMILES string of the molecule is Cn1ccnc1C(NOC1CCCC1)c1cccs1. The number of imidazole rings is 1. The first kappa shape index (κ1) is 12.8. The van der Waals surface area contributed by atoms with Crippen LogP contribution in [0.1, 0.15) is 42.4 Å². The second-order valence-electron chi connectivity index (χ2n) is 4.99. The number of hydrogen-bond donors (Lipinski definition) is 1. The van der Waals surface area contributed by atoms with Crippen LogP contribution in [-0.4, -0.2) is 15.7 Å². The Morgan fingerprint density at radius 3 is 2.95 bits per heavy atom. The Bertz CT molecular complexity index is 503. The number of rotatable bonds is 5. The Kier molecular flexibility index (Phi) is 3.96. The molecule has 1 saturated carbocycles. The molecule has 1 aliphatic carbocycles. The van der Waals surface area contributed by atoms with Gasteiger partial charge in [-0.2, -0.15) is 5.48 Å². The summed E-state index contributed by atoms with van der Waals surface area (Å²) in [6.07, 6.45) is 9.01. The highest BCUT2D eigenvalue weighted by Gasteiger charge is 2.22. The Balaban J connectivity index is 1.75. The number of nitrogens with zero attached hydrogens (tertiary/aromatic N) is 2. The van der Waals surface area contributed by atoms with E-state index in [0.717, 1.165) is 18.7 Å². The van der Waals surface area contributed by atoms with E-state index in [1.807, 2.05) is 24.0 Å². The summed E-state index contributed by atoms with van der Waals surface area (Å²) in [6, 6.07) is 4.20. The maximum absolute atomic E-state index is 5.87. The first-order valence-electron chi connectivity index (χ1n) is 6.76. The molecule has 2 aromatic heterocycles. The van der Waals surface area contributed by atoms with E-state index in [4.69, 9.17) is 4.84 Å². The number of aryl methyl sites for hydroxylation is 1. The first-order valence-corrected chi connectivity index (χ1v) is 7.64. The summed E-state index contributed by atoms with van der Waals surface area (Å²) >= 11 is 1.72. The zero-order valence-corrected chi connectivity index (χ0v) is 11.9.